The average molecular weight is 374 g/mol. The van der Waals surface area contributed by atoms with Crippen molar-refractivity contribution >= 4 is 33.6 Å². The Bertz CT molecular complexity index is 1380. The smallest absolute Gasteiger partial charge is 0.153 e. The van der Waals surface area contributed by atoms with E-state index in [1.807, 2.05) is 36.4 Å². The van der Waals surface area contributed by atoms with E-state index in [-0.39, 0.29) is 6.10 Å². The van der Waals surface area contributed by atoms with Crippen LogP contribution in [0.3, 0.4) is 0 Å². The normalized spacial score (nSPS) is 15.7. The fraction of sp³-hybridized carbons (Fsp3) is 0.0385. The third kappa shape index (κ3) is 2.63. The Hall–Kier alpha value is -3.85. The summed E-state index contributed by atoms with van der Waals surface area (Å²) in [5.41, 5.74) is 6.34. The monoisotopic (exact) mass is 374 g/mol. The number of H-pyrrole nitrogens is 1. The molecule has 1 unspecified atom stereocenters. The summed E-state index contributed by atoms with van der Waals surface area (Å²) in [4.78, 5) is 8.35. The van der Waals surface area contributed by atoms with Crippen molar-refractivity contribution in [3.05, 3.63) is 114 Å². The van der Waals surface area contributed by atoms with Gasteiger partial charge in [0.05, 0.1) is 11.2 Å². The van der Waals surface area contributed by atoms with E-state index < -0.39 is 0 Å². The van der Waals surface area contributed by atoms with E-state index in [0.29, 0.717) is 0 Å². The highest BCUT2D eigenvalue weighted by molar-refractivity contribution is 5.88. The molecule has 0 saturated heterocycles. The molecule has 3 aromatic carbocycles. The van der Waals surface area contributed by atoms with E-state index >= 15 is 0 Å². The number of benzene rings is 3. The Morgan fingerprint density at radius 3 is 2.52 bits per heavy atom. The Balaban J connectivity index is 1.61. The standard InChI is InChI=1S/C26H18N2O/c1-2-8-17(9-3-1)25-15-24-20(14-18-10-4-6-12-22(18)28-24)26(29-25)21-16-27-23-13-7-5-11-19(21)23/h1-16,26-27H. The van der Waals surface area contributed by atoms with Crippen LogP contribution in [-0.4, -0.2) is 9.97 Å². The van der Waals surface area contributed by atoms with Gasteiger partial charge in [-0.3, -0.25) is 0 Å². The number of pyridine rings is 1. The molecule has 1 aliphatic heterocycles. The number of hydrogen-bond acceptors (Lipinski definition) is 2. The number of fused-ring (bicyclic) bond motifs is 3. The van der Waals surface area contributed by atoms with E-state index in [1.54, 1.807) is 0 Å². The van der Waals surface area contributed by atoms with Gasteiger partial charge in [-0.15, -0.1) is 0 Å². The second-order valence-electron chi connectivity index (χ2n) is 7.32. The van der Waals surface area contributed by atoms with Gasteiger partial charge in [0.1, 0.15) is 5.76 Å². The lowest BCUT2D eigenvalue weighted by molar-refractivity contribution is 0.207. The molecule has 1 aliphatic rings. The van der Waals surface area contributed by atoms with Crippen LogP contribution < -0.4 is 0 Å². The van der Waals surface area contributed by atoms with Crippen LogP contribution >= 0.6 is 0 Å². The molecule has 0 bridgehead atoms. The molecule has 3 nitrogen and oxygen atoms in total. The fourth-order valence-electron chi connectivity index (χ4n) is 4.12. The zero-order valence-corrected chi connectivity index (χ0v) is 15.7. The summed E-state index contributed by atoms with van der Waals surface area (Å²) in [5.74, 6) is 0.844. The number of ether oxygens (including phenoxy) is 1. The molecular formula is C26H18N2O. The van der Waals surface area contributed by atoms with Gasteiger partial charge in [0, 0.05) is 45.3 Å². The highest BCUT2D eigenvalue weighted by Gasteiger charge is 2.28. The van der Waals surface area contributed by atoms with Crippen molar-refractivity contribution < 1.29 is 4.74 Å². The van der Waals surface area contributed by atoms with E-state index in [2.05, 4.69) is 65.8 Å². The molecule has 0 saturated carbocycles. The molecule has 0 fully saturated rings. The second-order valence-corrected chi connectivity index (χ2v) is 7.32. The SMILES string of the molecule is C1=C(c2ccccc2)OC(c2c[nH]c3ccccc23)c2cc3ccccc3nc21. The zero-order chi connectivity index (χ0) is 19.2. The summed E-state index contributed by atoms with van der Waals surface area (Å²) in [6.07, 6.45) is 3.89. The van der Waals surface area contributed by atoms with Gasteiger partial charge in [-0.1, -0.05) is 66.7 Å². The Kier molecular flexibility index (Phi) is 3.53. The number of para-hydroxylation sites is 2. The van der Waals surface area contributed by atoms with Crippen molar-refractivity contribution in [2.24, 2.45) is 0 Å². The quantitative estimate of drug-likeness (QED) is 0.392. The summed E-state index contributed by atoms with van der Waals surface area (Å²) in [7, 11) is 0. The highest BCUT2D eigenvalue weighted by Crippen LogP contribution is 2.41. The third-order valence-electron chi connectivity index (χ3n) is 5.54. The molecule has 2 aromatic heterocycles. The first kappa shape index (κ1) is 16.1. The lowest BCUT2D eigenvalue weighted by Crippen LogP contribution is -2.13. The minimum absolute atomic E-state index is 0.224. The van der Waals surface area contributed by atoms with Gasteiger partial charge in [-0.25, -0.2) is 4.98 Å². The van der Waals surface area contributed by atoms with Gasteiger partial charge in [0.25, 0.3) is 0 Å². The maximum atomic E-state index is 6.60. The topological polar surface area (TPSA) is 37.9 Å². The van der Waals surface area contributed by atoms with E-state index in [1.165, 1.54) is 5.39 Å². The Labute approximate surface area is 168 Å². The van der Waals surface area contributed by atoms with Crippen LogP contribution in [0.1, 0.15) is 28.5 Å². The largest absolute Gasteiger partial charge is 0.480 e. The first-order valence-electron chi connectivity index (χ1n) is 9.76. The van der Waals surface area contributed by atoms with Gasteiger partial charge in [0.15, 0.2) is 6.10 Å². The summed E-state index contributed by atoms with van der Waals surface area (Å²) in [5, 5.41) is 2.29. The molecule has 0 amide bonds. The van der Waals surface area contributed by atoms with Crippen LogP contribution in [0, 0.1) is 0 Å². The predicted molar refractivity (Wildman–Crippen MR) is 117 cm³/mol. The fourth-order valence-corrected chi connectivity index (χ4v) is 4.12. The Morgan fingerprint density at radius 2 is 1.59 bits per heavy atom. The van der Waals surface area contributed by atoms with Gasteiger partial charge in [0.2, 0.25) is 0 Å². The van der Waals surface area contributed by atoms with Crippen LogP contribution in [0.4, 0.5) is 0 Å². The first-order chi connectivity index (χ1) is 14.4. The van der Waals surface area contributed by atoms with Gasteiger partial charge in [-0.05, 0) is 18.2 Å². The first-order valence-corrected chi connectivity index (χ1v) is 9.76. The van der Waals surface area contributed by atoms with Crippen molar-refractivity contribution in [1.82, 2.24) is 9.97 Å². The molecule has 1 atom stereocenters. The van der Waals surface area contributed by atoms with Crippen molar-refractivity contribution in [2.75, 3.05) is 0 Å². The number of aromatic amines is 1. The van der Waals surface area contributed by atoms with Gasteiger partial charge in [-0.2, -0.15) is 0 Å². The lowest BCUT2D eigenvalue weighted by Gasteiger charge is -2.27. The van der Waals surface area contributed by atoms with Crippen LogP contribution in [-0.2, 0) is 4.74 Å². The molecular weight excluding hydrogens is 356 g/mol. The average Bonchev–Trinajstić information content (AvgIpc) is 3.21. The maximum Gasteiger partial charge on any atom is 0.153 e. The van der Waals surface area contributed by atoms with Crippen molar-refractivity contribution in [3.8, 4) is 0 Å². The van der Waals surface area contributed by atoms with E-state index in [4.69, 9.17) is 9.72 Å². The molecule has 0 aliphatic carbocycles. The number of nitrogens with one attached hydrogen (secondary N) is 1. The van der Waals surface area contributed by atoms with Crippen LogP contribution in [0.2, 0.25) is 0 Å². The van der Waals surface area contributed by atoms with Gasteiger partial charge < -0.3 is 9.72 Å². The summed E-state index contributed by atoms with van der Waals surface area (Å²) >= 11 is 0. The van der Waals surface area contributed by atoms with Crippen LogP contribution in [0.5, 0.6) is 0 Å². The predicted octanol–water partition coefficient (Wildman–Crippen LogP) is 6.33. The minimum Gasteiger partial charge on any atom is -0.480 e. The molecule has 3 heterocycles. The molecule has 5 aromatic rings. The van der Waals surface area contributed by atoms with Crippen molar-refractivity contribution in [2.45, 2.75) is 6.10 Å². The van der Waals surface area contributed by atoms with Gasteiger partial charge >= 0.3 is 0 Å². The third-order valence-corrected chi connectivity index (χ3v) is 5.54. The number of aromatic nitrogens is 2. The highest BCUT2D eigenvalue weighted by atomic mass is 16.5. The number of nitrogens with zero attached hydrogens (tertiary/aromatic N) is 1. The van der Waals surface area contributed by atoms with Crippen molar-refractivity contribution in [3.63, 3.8) is 0 Å². The van der Waals surface area contributed by atoms with Crippen molar-refractivity contribution in [1.29, 1.82) is 0 Å². The van der Waals surface area contributed by atoms with Crippen LogP contribution in [0.15, 0.2) is 91.1 Å². The summed E-state index contributed by atoms with van der Waals surface area (Å²) in [6.45, 7) is 0. The van der Waals surface area contributed by atoms with E-state index in [0.717, 1.165) is 44.6 Å². The summed E-state index contributed by atoms with van der Waals surface area (Å²) < 4.78 is 6.60. The Morgan fingerprint density at radius 1 is 0.793 bits per heavy atom. The number of rotatable bonds is 2. The summed E-state index contributed by atoms with van der Waals surface area (Å²) in [6, 6.07) is 29.0. The second kappa shape index (κ2) is 6.35. The molecule has 0 radical (unpaired) electrons. The molecule has 0 spiro atoms. The molecule has 29 heavy (non-hydrogen) atoms. The van der Waals surface area contributed by atoms with E-state index in [9.17, 15) is 0 Å². The zero-order valence-electron chi connectivity index (χ0n) is 15.7. The number of hydrogen-bond donors (Lipinski definition) is 1. The molecule has 6 rings (SSSR count). The molecule has 1 N–H and O–H groups in total. The molecule has 138 valence electrons. The van der Waals surface area contributed by atoms with Crippen LogP contribution in [0.25, 0.3) is 33.6 Å². The lowest BCUT2D eigenvalue weighted by atomic mass is 9.94. The minimum atomic E-state index is -0.224. The molecule has 3 heteroatoms. The maximum absolute atomic E-state index is 6.60.